The van der Waals surface area contributed by atoms with Crippen molar-refractivity contribution in [2.75, 3.05) is 5.73 Å². The van der Waals surface area contributed by atoms with E-state index in [0.717, 1.165) is 11.3 Å². The summed E-state index contributed by atoms with van der Waals surface area (Å²) in [5.74, 6) is 0.551. The first kappa shape index (κ1) is 9.85. The van der Waals surface area contributed by atoms with E-state index >= 15 is 0 Å². The molecule has 0 atom stereocenters. The molecule has 3 rings (SSSR count). The summed E-state index contributed by atoms with van der Waals surface area (Å²) >= 11 is 0. The van der Waals surface area contributed by atoms with Crippen LogP contribution in [-0.2, 0) is 0 Å². The van der Waals surface area contributed by atoms with E-state index in [9.17, 15) is 0 Å². The highest BCUT2D eigenvalue weighted by Gasteiger charge is 2.04. The van der Waals surface area contributed by atoms with Crippen LogP contribution in [0.5, 0.6) is 0 Å². The van der Waals surface area contributed by atoms with Crippen LogP contribution >= 0.6 is 0 Å². The summed E-state index contributed by atoms with van der Waals surface area (Å²) in [7, 11) is 0. The molecule has 1 aromatic heterocycles. The first-order valence-corrected chi connectivity index (χ1v) is 5.55. The van der Waals surface area contributed by atoms with Gasteiger partial charge in [0.05, 0.1) is 5.69 Å². The van der Waals surface area contributed by atoms with Gasteiger partial charge in [-0.25, -0.2) is 4.98 Å². The normalized spacial score (nSPS) is 10.6. The molecule has 3 aromatic rings. The number of aromatic nitrogens is 1. The fourth-order valence-electron chi connectivity index (χ4n) is 2.05. The molecule has 0 aliphatic rings. The van der Waals surface area contributed by atoms with Crippen molar-refractivity contribution in [3.8, 4) is 11.3 Å². The number of fused-ring (bicyclic) bond motifs is 1. The lowest BCUT2D eigenvalue weighted by molar-refractivity contribution is 1.34. The van der Waals surface area contributed by atoms with Crippen molar-refractivity contribution in [2.24, 2.45) is 0 Å². The molecule has 17 heavy (non-hydrogen) atoms. The molecule has 0 saturated heterocycles. The molecule has 2 aromatic carbocycles. The van der Waals surface area contributed by atoms with Gasteiger partial charge in [0.2, 0.25) is 0 Å². The molecule has 0 radical (unpaired) electrons. The summed E-state index contributed by atoms with van der Waals surface area (Å²) in [5.41, 5.74) is 7.77. The first-order chi connectivity index (χ1) is 8.34. The average Bonchev–Trinajstić information content (AvgIpc) is 2.38. The number of nitrogens with two attached hydrogens (primary N) is 1. The third-order valence-electron chi connectivity index (χ3n) is 2.84. The van der Waals surface area contributed by atoms with E-state index in [4.69, 9.17) is 5.73 Å². The highest BCUT2D eigenvalue weighted by Crippen LogP contribution is 2.27. The Morgan fingerprint density at radius 2 is 1.53 bits per heavy atom. The van der Waals surface area contributed by atoms with Crippen molar-refractivity contribution in [1.29, 1.82) is 0 Å². The lowest BCUT2D eigenvalue weighted by atomic mass is 10.0. The fraction of sp³-hybridized carbons (Fsp3) is 0. The summed E-state index contributed by atoms with van der Waals surface area (Å²) in [6.45, 7) is 0. The summed E-state index contributed by atoms with van der Waals surface area (Å²) in [6, 6.07) is 20.2. The van der Waals surface area contributed by atoms with E-state index in [1.54, 1.807) is 6.07 Å². The zero-order valence-electron chi connectivity index (χ0n) is 9.30. The van der Waals surface area contributed by atoms with Crippen LogP contribution in [0.2, 0.25) is 0 Å². The van der Waals surface area contributed by atoms with Crippen molar-refractivity contribution < 1.29 is 0 Å². The number of nitrogens with zero attached hydrogens (tertiary/aromatic N) is 1. The van der Waals surface area contributed by atoms with Gasteiger partial charge in [-0.3, -0.25) is 0 Å². The van der Waals surface area contributed by atoms with Crippen molar-refractivity contribution >= 4 is 16.6 Å². The van der Waals surface area contributed by atoms with E-state index in [1.165, 1.54) is 10.8 Å². The molecule has 1 heterocycles. The summed E-state index contributed by atoms with van der Waals surface area (Å²) in [4.78, 5) is 4.37. The van der Waals surface area contributed by atoms with Crippen LogP contribution in [0.25, 0.3) is 22.0 Å². The third-order valence-corrected chi connectivity index (χ3v) is 2.84. The van der Waals surface area contributed by atoms with Crippen molar-refractivity contribution in [2.45, 2.75) is 0 Å². The van der Waals surface area contributed by atoms with Gasteiger partial charge in [-0.15, -0.1) is 0 Å². The van der Waals surface area contributed by atoms with Gasteiger partial charge in [0.1, 0.15) is 5.82 Å². The van der Waals surface area contributed by atoms with Gasteiger partial charge in [-0.05, 0) is 22.9 Å². The number of benzene rings is 2. The average molecular weight is 220 g/mol. The number of hydrogen-bond acceptors (Lipinski definition) is 2. The van der Waals surface area contributed by atoms with Gasteiger partial charge in [-0.2, -0.15) is 0 Å². The Balaban J connectivity index is 2.30. The molecule has 0 unspecified atom stereocenters. The second kappa shape index (κ2) is 3.91. The smallest absolute Gasteiger partial charge is 0.124 e. The van der Waals surface area contributed by atoms with Crippen LogP contribution in [0.15, 0.2) is 60.7 Å². The number of pyridine rings is 1. The Labute approximate surface area is 99.7 Å². The maximum Gasteiger partial charge on any atom is 0.124 e. The second-order valence-corrected chi connectivity index (χ2v) is 3.97. The highest BCUT2D eigenvalue weighted by molar-refractivity contribution is 5.95. The molecule has 0 spiro atoms. The Morgan fingerprint density at radius 3 is 2.41 bits per heavy atom. The fourth-order valence-corrected chi connectivity index (χ4v) is 2.05. The van der Waals surface area contributed by atoms with Gasteiger partial charge < -0.3 is 5.73 Å². The lowest BCUT2D eigenvalue weighted by Gasteiger charge is -2.06. The van der Waals surface area contributed by atoms with Gasteiger partial charge in [0, 0.05) is 5.56 Å². The quantitative estimate of drug-likeness (QED) is 0.681. The van der Waals surface area contributed by atoms with Crippen LogP contribution in [0.4, 0.5) is 5.82 Å². The summed E-state index contributed by atoms with van der Waals surface area (Å²) in [6.07, 6.45) is 0. The number of rotatable bonds is 1. The standard InChI is InChI=1S/C15H12N2/c16-15-10-4-9-14(17-15)13-8-3-6-11-5-1-2-7-12(11)13/h1-10H,(H2,16,17). The molecule has 0 fully saturated rings. The number of anilines is 1. The van der Waals surface area contributed by atoms with Gasteiger partial charge in [0.25, 0.3) is 0 Å². The minimum absolute atomic E-state index is 0.551. The van der Waals surface area contributed by atoms with E-state index in [0.29, 0.717) is 5.82 Å². The van der Waals surface area contributed by atoms with Gasteiger partial charge in [0.15, 0.2) is 0 Å². The molecular weight excluding hydrogens is 208 g/mol. The molecule has 0 saturated carbocycles. The van der Waals surface area contributed by atoms with Crippen molar-refractivity contribution in [3.63, 3.8) is 0 Å². The maximum atomic E-state index is 5.73. The van der Waals surface area contributed by atoms with E-state index in [-0.39, 0.29) is 0 Å². The highest BCUT2D eigenvalue weighted by atomic mass is 14.8. The van der Waals surface area contributed by atoms with Crippen molar-refractivity contribution in [1.82, 2.24) is 4.98 Å². The molecule has 2 N–H and O–H groups in total. The topological polar surface area (TPSA) is 38.9 Å². The minimum atomic E-state index is 0.551. The molecule has 0 aliphatic heterocycles. The maximum absolute atomic E-state index is 5.73. The zero-order chi connectivity index (χ0) is 11.7. The first-order valence-electron chi connectivity index (χ1n) is 5.55. The predicted octanol–water partition coefficient (Wildman–Crippen LogP) is 3.48. The van der Waals surface area contributed by atoms with Crippen LogP contribution in [0.3, 0.4) is 0 Å². The van der Waals surface area contributed by atoms with Crippen LogP contribution < -0.4 is 5.73 Å². The van der Waals surface area contributed by atoms with Crippen LogP contribution in [0.1, 0.15) is 0 Å². The summed E-state index contributed by atoms with van der Waals surface area (Å²) < 4.78 is 0. The van der Waals surface area contributed by atoms with E-state index < -0.39 is 0 Å². The van der Waals surface area contributed by atoms with E-state index in [1.807, 2.05) is 30.3 Å². The molecule has 2 heteroatoms. The Hall–Kier alpha value is -2.35. The van der Waals surface area contributed by atoms with Crippen LogP contribution in [-0.4, -0.2) is 4.98 Å². The SMILES string of the molecule is Nc1cccc(-c2cccc3ccccc23)n1. The Morgan fingerprint density at radius 1 is 0.765 bits per heavy atom. The van der Waals surface area contributed by atoms with Gasteiger partial charge >= 0.3 is 0 Å². The number of nitrogen functional groups attached to an aromatic ring is 1. The summed E-state index contributed by atoms with van der Waals surface area (Å²) in [5, 5.41) is 2.42. The molecule has 0 bridgehead atoms. The monoisotopic (exact) mass is 220 g/mol. The third kappa shape index (κ3) is 1.74. The lowest BCUT2D eigenvalue weighted by Crippen LogP contribution is -1.91. The van der Waals surface area contributed by atoms with Crippen molar-refractivity contribution in [3.05, 3.63) is 60.7 Å². The van der Waals surface area contributed by atoms with E-state index in [2.05, 4.69) is 29.2 Å². The molecule has 0 amide bonds. The zero-order valence-corrected chi connectivity index (χ0v) is 9.30. The molecule has 0 aliphatic carbocycles. The molecular formula is C15H12N2. The Kier molecular flexibility index (Phi) is 2.26. The molecule has 2 nitrogen and oxygen atoms in total. The predicted molar refractivity (Wildman–Crippen MR) is 71.6 cm³/mol. The number of hydrogen-bond donors (Lipinski definition) is 1. The largest absolute Gasteiger partial charge is 0.384 e. The second-order valence-electron chi connectivity index (χ2n) is 3.97. The van der Waals surface area contributed by atoms with Crippen LogP contribution in [0, 0.1) is 0 Å². The minimum Gasteiger partial charge on any atom is -0.384 e. The molecule has 82 valence electrons. The van der Waals surface area contributed by atoms with Gasteiger partial charge in [-0.1, -0.05) is 48.5 Å². The Bertz CT molecular complexity index is 669.